The quantitative estimate of drug-likeness (QED) is 0.500. The van der Waals surface area contributed by atoms with Crippen LogP contribution in [0.15, 0.2) is 52.8 Å². The number of rotatable bonds is 4. The molecule has 140 valence electrons. The van der Waals surface area contributed by atoms with E-state index in [1.807, 2.05) is 17.5 Å². The van der Waals surface area contributed by atoms with Crippen molar-refractivity contribution in [3.8, 4) is 11.3 Å². The maximum atomic E-state index is 13.2. The molecule has 0 radical (unpaired) electrons. The van der Waals surface area contributed by atoms with Crippen LogP contribution in [0.2, 0.25) is 10.0 Å². The fraction of sp³-hybridized carbons (Fsp3) is 0.250. The third-order valence-electron chi connectivity index (χ3n) is 4.47. The van der Waals surface area contributed by atoms with Crippen LogP contribution in [0.5, 0.6) is 0 Å². The predicted molar refractivity (Wildman–Crippen MR) is 108 cm³/mol. The number of benzene rings is 2. The highest BCUT2D eigenvalue weighted by Crippen LogP contribution is 2.31. The second kappa shape index (κ2) is 8.15. The van der Waals surface area contributed by atoms with Crippen molar-refractivity contribution in [2.24, 2.45) is 4.99 Å². The minimum Gasteiger partial charge on any atom is -0.376 e. The molecule has 2 aromatic carbocycles. The maximum Gasteiger partial charge on any atom is 0.190 e. The molecule has 4 rings (SSSR count). The van der Waals surface area contributed by atoms with E-state index in [2.05, 4.69) is 4.57 Å². The number of hydrogen-bond donors (Lipinski definition) is 0. The van der Waals surface area contributed by atoms with E-state index in [0.717, 1.165) is 35.5 Å². The van der Waals surface area contributed by atoms with Gasteiger partial charge in [-0.25, -0.2) is 9.38 Å². The summed E-state index contributed by atoms with van der Waals surface area (Å²) >= 11 is 14.0. The Morgan fingerprint density at radius 2 is 2.00 bits per heavy atom. The van der Waals surface area contributed by atoms with E-state index in [4.69, 9.17) is 32.9 Å². The molecule has 0 amide bonds. The second-order valence-corrected chi connectivity index (χ2v) is 8.04. The van der Waals surface area contributed by atoms with Gasteiger partial charge >= 0.3 is 0 Å². The Morgan fingerprint density at radius 1 is 1.19 bits per heavy atom. The van der Waals surface area contributed by atoms with Crippen molar-refractivity contribution in [1.82, 2.24) is 4.57 Å². The molecule has 1 unspecified atom stereocenters. The maximum absolute atomic E-state index is 13.2. The van der Waals surface area contributed by atoms with Crippen LogP contribution in [-0.2, 0) is 11.3 Å². The van der Waals surface area contributed by atoms with E-state index >= 15 is 0 Å². The van der Waals surface area contributed by atoms with Crippen LogP contribution < -0.4 is 4.80 Å². The molecule has 1 aromatic heterocycles. The van der Waals surface area contributed by atoms with Crippen molar-refractivity contribution in [2.75, 3.05) is 6.61 Å². The third-order valence-corrected chi connectivity index (χ3v) is 5.88. The Kier molecular flexibility index (Phi) is 5.64. The van der Waals surface area contributed by atoms with Crippen LogP contribution in [0.3, 0.4) is 0 Å². The number of ether oxygens (including phenoxy) is 1. The Balaban J connectivity index is 1.81. The van der Waals surface area contributed by atoms with E-state index in [-0.39, 0.29) is 11.9 Å². The summed E-state index contributed by atoms with van der Waals surface area (Å²) < 4.78 is 21.1. The lowest BCUT2D eigenvalue weighted by Gasteiger charge is -2.15. The van der Waals surface area contributed by atoms with Gasteiger partial charge in [0.15, 0.2) is 4.80 Å². The van der Waals surface area contributed by atoms with Gasteiger partial charge in [-0.05, 0) is 55.3 Å². The van der Waals surface area contributed by atoms with E-state index in [1.165, 1.54) is 23.5 Å². The highest BCUT2D eigenvalue weighted by atomic mass is 35.5. The van der Waals surface area contributed by atoms with Gasteiger partial charge in [-0.2, -0.15) is 0 Å². The van der Waals surface area contributed by atoms with Crippen LogP contribution in [-0.4, -0.2) is 17.3 Å². The first kappa shape index (κ1) is 18.7. The highest BCUT2D eigenvalue weighted by molar-refractivity contribution is 7.07. The smallest absolute Gasteiger partial charge is 0.190 e. The molecule has 2 heterocycles. The minimum atomic E-state index is -0.277. The van der Waals surface area contributed by atoms with E-state index in [0.29, 0.717) is 22.3 Å². The fourth-order valence-corrected chi connectivity index (χ4v) is 4.56. The van der Waals surface area contributed by atoms with Crippen molar-refractivity contribution < 1.29 is 9.13 Å². The SMILES string of the molecule is Fc1ccc(N=c2scc(-c3ccc(Cl)cc3Cl)n2CC2CCCO2)cc1. The van der Waals surface area contributed by atoms with Gasteiger partial charge in [0.05, 0.1) is 29.1 Å². The molecule has 1 saturated heterocycles. The molecular formula is C20H17Cl2FN2OS. The van der Waals surface area contributed by atoms with Crippen molar-refractivity contribution in [2.45, 2.75) is 25.5 Å². The van der Waals surface area contributed by atoms with Crippen molar-refractivity contribution >= 4 is 40.2 Å². The van der Waals surface area contributed by atoms with Crippen molar-refractivity contribution in [3.63, 3.8) is 0 Å². The molecule has 1 aliphatic heterocycles. The standard InChI is InChI=1S/C20H17Cl2FN2OS/c21-13-3-8-17(18(22)10-13)19-12-27-20(24-15-6-4-14(23)5-7-15)25(19)11-16-2-1-9-26-16/h3-8,10,12,16H,1-2,9,11H2. The molecule has 3 nitrogen and oxygen atoms in total. The summed E-state index contributed by atoms with van der Waals surface area (Å²) in [6, 6.07) is 11.6. The number of nitrogens with zero attached hydrogens (tertiary/aromatic N) is 2. The molecule has 27 heavy (non-hydrogen) atoms. The van der Waals surface area contributed by atoms with Gasteiger partial charge in [0.1, 0.15) is 5.82 Å². The molecule has 1 fully saturated rings. The molecular weight excluding hydrogens is 406 g/mol. The molecule has 0 aliphatic carbocycles. The summed E-state index contributed by atoms with van der Waals surface area (Å²) in [5.41, 5.74) is 2.57. The zero-order valence-corrected chi connectivity index (χ0v) is 16.7. The van der Waals surface area contributed by atoms with E-state index in [9.17, 15) is 4.39 Å². The van der Waals surface area contributed by atoms with Crippen LogP contribution in [0, 0.1) is 5.82 Å². The molecule has 0 N–H and O–H groups in total. The minimum absolute atomic E-state index is 0.150. The van der Waals surface area contributed by atoms with Gasteiger partial charge in [0, 0.05) is 22.6 Å². The first-order chi connectivity index (χ1) is 13.1. The van der Waals surface area contributed by atoms with Gasteiger partial charge in [-0.1, -0.05) is 23.2 Å². The first-order valence-corrected chi connectivity index (χ1v) is 10.3. The number of halogens is 3. The summed E-state index contributed by atoms with van der Waals surface area (Å²) in [6.07, 6.45) is 2.24. The summed E-state index contributed by atoms with van der Waals surface area (Å²) in [4.78, 5) is 5.53. The highest BCUT2D eigenvalue weighted by Gasteiger charge is 2.20. The monoisotopic (exact) mass is 422 g/mol. The topological polar surface area (TPSA) is 26.5 Å². The van der Waals surface area contributed by atoms with E-state index < -0.39 is 0 Å². The number of hydrogen-bond acceptors (Lipinski definition) is 3. The van der Waals surface area contributed by atoms with Crippen LogP contribution in [0.4, 0.5) is 10.1 Å². The van der Waals surface area contributed by atoms with Crippen molar-refractivity contribution in [1.29, 1.82) is 0 Å². The van der Waals surface area contributed by atoms with Gasteiger partial charge in [0.2, 0.25) is 0 Å². The fourth-order valence-electron chi connectivity index (χ4n) is 3.13. The van der Waals surface area contributed by atoms with Gasteiger partial charge in [-0.15, -0.1) is 11.3 Å². The van der Waals surface area contributed by atoms with E-state index in [1.54, 1.807) is 18.2 Å². The molecule has 0 bridgehead atoms. The Morgan fingerprint density at radius 3 is 2.70 bits per heavy atom. The summed E-state index contributed by atoms with van der Waals surface area (Å²) in [5, 5.41) is 3.22. The zero-order chi connectivity index (χ0) is 18.8. The predicted octanol–water partition coefficient (Wildman–Crippen LogP) is 6.07. The van der Waals surface area contributed by atoms with Gasteiger partial charge in [0.25, 0.3) is 0 Å². The third kappa shape index (κ3) is 4.27. The zero-order valence-electron chi connectivity index (χ0n) is 14.4. The molecule has 0 saturated carbocycles. The van der Waals surface area contributed by atoms with Crippen LogP contribution in [0.1, 0.15) is 12.8 Å². The molecule has 3 aromatic rings. The molecule has 1 aliphatic rings. The van der Waals surface area contributed by atoms with Crippen LogP contribution in [0.25, 0.3) is 11.3 Å². The second-order valence-electron chi connectivity index (χ2n) is 6.36. The normalized spacial score (nSPS) is 17.6. The molecule has 7 heteroatoms. The van der Waals surface area contributed by atoms with Gasteiger partial charge < -0.3 is 9.30 Å². The Bertz CT molecular complexity index is 1010. The summed E-state index contributed by atoms with van der Waals surface area (Å²) in [7, 11) is 0. The lowest BCUT2D eigenvalue weighted by molar-refractivity contribution is 0.0968. The Labute approximate surface area is 170 Å². The van der Waals surface area contributed by atoms with Crippen molar-refractivity contribution in [3.05, 3.63) is 68.5 Å². The first-order valence-electron chi connectivity index (χ1n) is 8.66. The van der Waals surface area contributed by atoms with Gasteiger partial charge in [-0.3, -0.25) is 0 Å². The average molecular weight is 423 g/mol. The average Bonchev–Trinajstić information content (AvgIpc) is 3.29. The largest absolute Gasteiger partial charge is 0.376 e. The summed E-state index contributed by atoms with van der Waals surface area (Å²) in [5.74, 6) is -0.277. The number of aromatic nitrogens is 1. The summed E-state index contributed by atoms with van der Waals surface area (Å²) in [6.45, 7) is 1.48. The number of thiazole rings is 1. The Hall–Kier alpha value is -1.66. The lowest BCUT2D eigenvalue weighted by atomic mass is 10.1. The molecule has 0 spiro atoms. The van der Waals surface area contributed by atoms with Crippen LogP contribution >= 0.6 is 34.5 Å². The lowest BCUT2D eigenvalue weighted by Crippen LogP contribution is -2.24. The molecule has 1 atom stereocenters.